The zero-order valence-electron chi connectivity index (χ0n) is 9.16. The van der Waals surface area contributed by atoms with Gasteiger partial charge >= 0.3 is 5.91 Å². The highest BCUT2D eigenvalue weighted by Crippen LogP contribution is 2.30. The van der Waals surface area contributed by atoms with Crippen molar-refractivity contribution in [2.24, 2.45) is 0 Å². The summed E-state index contributed by atoms with van der Waals surface area (Å²) in [5.41, 5.74) is 0.746. The quantitative estimate of drug-likeness (QED) is 0.654. The molecule has 0 saturated carbocycles. The van der Waals surface area contributed by atoms with E-state index < -0.39 is 17.7 Å². The molecule has 1 atom stereocenters. The van der Waals surface area contributed by atoms with E-state index >= 15 is 0 Å². The second-order valence-electron chi connectivity index (χ2n) is 3.91. The molecule has 0 radical (unpaired) electrons. The van der Waals surface area contributed by atoms with Crippen LogP contribution in [-0.4, -0.2) is 40.0 Å². The zero-order chi connectivity index (χ0) is 11.9. The summed E-state index contributed by atoms with van der Waals surface area (Å²) in [7, 11) is 1.51. The highest BCUT2D eigenvalue weighted by Gasteiger charge is 2.53. The molecule has 0 bridgehead atoms. The minimum Gasteiger partial charge on any atom is -0.357 e. The summed E-state index contributed by atoms with van der Waals surface area (Å²) in [5.74, 6) is -3.05. The van der Waals surface area contributed by atoms with Crippen LogP contribution in [-0.2, 0) is 4.79 Å². The molecule has 5 nitrogen and oxygen atoms in total. The van der Waals surface area contributed by atoms with Crippen molar-refractivity contribution in [2.45, 2.75) is 18.8 Å². The third-order valence-electron chi connectivity index (χ3n) is 2.90. The number of amides is 1. The average molecular weight is 222 g/mol. The van der Waals surface area contributed by atoms with Crippen LogP contribution in [0.4, 0.5) is 5.69 Å². The van der Waals surface area contributed by atoms with Gasteiger partial charge in [-0.3, -0.25) is 14.8 Å². The molecule has 16 heavy (non-hydrogen) atoms. The van der Waals surface area contributed by atoms with Crippen molar-refractivity contribution in [1.82, 2.24) is 5.01 Å². The van der Waals surface area contributed by atoms with Gasteiger partial charge in [-0.1, -0.05) is 18.2 Å². The Labute approximate surface area is 93.5 Å². The highest BCUT2D eigenvalue weighted by atomic mass is 16.5. The van der Waals surface area contributed by atoms with Gasteiger partial charge in [-0.25, -0.2) is 0 Å². The van der Waals surface area contributed by atoms with Crippen LogP contribution in [0.2, 0.25) is 0 Å². The van der Waals surface area contributed by atoms with Crippen LogP contribution in [0, 0.1) is 0 Å². The predicted molar refractivity (Wildman–Crippen MR) is 58.3 cm³/mol. The minimum absolute atomic E-state index is 0.715. The van der Waals surface area contributed by atoms with Gasteiger partial charge in [0.1, 0.15) is 6.04 Å². The van der Waals surface area contributed by atoms with E-state index in [1.54, 1.807) is 11.9 Å². The van der Waals surface area contributed by atoms with E-state index in [1.165, 1.54) is 12.1 Å². The summed E-state index contributed by atoms with van der Waals surface area (Å²) >= 11 is 0. The number of rotatable bonds is 1. The number of likely N-dealkylation sites (N-methyl/N-ethyl adjacent to an activating group) is 1. The predicted octanol–water partition coefficient (Wildman–Crippen LogP) is -0.0506. The Morgan fingerprint density at radius 2 is 1.81 bits per heavy atom. The Kier molecular flexibility index (Phi) is 2.36. The number of aliphatic hydroxyl groups is 2. The molecule has 1 fully saturated rings. The maximum absolute atomic E-state index is 11.6. The van der Waals surface area contributed by atoms with Gasteiger partial charge in [0, 0.05) is 7.05 Å². The minimum atomic E-state index is -2.33. The molecule has 1 aliphatic heterocycles. The molecule has 2 N–H and O–H groups in total. The van der Waals surface area contributed by atoms with Crippen molar-refractivity contribution >= 4 is 11.6 Å². The number of hydrogen-bond donors (Lipinski definition) is 2. The number of hydrazine groups is 1. The van der Waals surface area contributed by atoms with E-state index in [1.807, 2.05) is 30.3 Å². The Hall–Kier alpha value is -1.59. The first kappa shape index (κ1) is 10.9. The molecule has 0 spiro atoms. The zero-order valence-corrected chi connectivity index (χ0v) is 9.16. The van der Waals surface area contributed by atoms with Gasteiger partial charge in [0.25, 0.3) is 5.79 Å². The smallest absolute Gasteiger partial charge is 0.303 e. The molecule has 0 aliphatic carbocycles. The second kappa shape index (κ2) is 3.47. The van der Waals surface area contributed by atoms with Crippen LogP contribution < -0.4 is 5.01 Å². The van der Waals surface area contributed by atoms with E-state index in [-0.39, 0.29) is 0 Å². The van der Waals surface area contributed by atoms with Crippen LogP contribution in [0.15, 0.2) is 30.3 Å². The van der Waals surface area contributed by atoms with E-state index in [0.29, 0.717) is 0 Å². The van der Waals surface area contributed by atoms with Crippen LogP contribution in [0.25, 0.3) is 0 Å². The third kappa shape index (κ3) is 1.36. The Morgan fingerprint density at radius 3 is 2.25 bits per heavy atom. The van der Waals surface area contributed by atoms with E-state index in [4.69, 9.17) is 0 Å². The summed E-state index contributed by atoms with van der Waals surface area (Å²) in [5, 5.41) is 22.1. The first-order valence-electron chi connectivity index (χ1n) is 5.03. The average Bonchev–Trinajstić information content (AvgIpc) is 2.42. The summed E-state index contributed by atoms with van der Waals surface area (Å²) in [6, 6.07) is 8.41. The number of hydrogen-bond acceptors (Lipinski definition) is 4. The molecule has 1 aromatic rings. The van der Waals surface area contributed by atoms with Crippen LogP contribution >= 0.6 is 0 Å². The second-order valence-corrected chi connectivity index (χ2v) is 3.91. The summed E-state index contributed by atoms with van der Waals surface area (Å²) in [4.78, 5) is 11.6. The Morgan fingerprint density at radius 1 is 1.25 bits per heavy atom. The summed E-state index contributed by atoms with van der Waals surface area (Å²) < 4.78 is 0. The Balaban J connectivity index is 2.41. The lowest BCUT2D eigenvalue weighted by Crippen LogP contribution is -2.45. The van der Waals surface area contributed by atoms with Gasteiger partial charge in [-0.2, -0.15) is 0 Å². The largest absolute Gasteiger partial charge is 0.357 e. The number of carbonyl (C=O) groups is 1. The van der Waals surface area contributed by atoms with Crippen molar-refractivity contribution in [3.05, 3.63) is 30.3 Å². The molecule has 1 unspecified atom stereocenters. The SMILES string of the molecule is CC1N(c2ccccc2)N(C)C(=O)C1(O)O. The normalized spacial score (nSPS) is 24.0. The lowest BCUT2D eigenvalue weighted by Gasteiger charge is -2.29. The fourth-order valence-electron chi connectivity index (χ4n) is 1.92. The fraction of sp³-hybridized carbons (Fsp3) is 0.364. The summed E-state index contributed by atoms with van der Waals surface area (Å²) in [6.07, 6.45) is 0. The van der Waals surface area contributed by atoms with E-state index in [9.17, 15) is 15.0 Å². The number of benzene rings is 1. The topological polar surface area (TPSA) is 64.0 Å². The van der Waals surface area contributed by atoms with E-state index in [2.05, 4.69) is 0 Å². The monoisotopic (exact) mass is 222 g/mol. The van der Waals surface area contributed by atoms with Crippen LogP contribution in [0.3, 0.4) is 0 Å². The maximum Gasteiger partial charge on any atom is 0.303 e. The molecule has 0 aromatic heterocycles. The molecule has 1 aromatic carbocycles. The third-order valence-corrected chi connectivity index (χ3v) is 2.90. The van der Waals surface area contributed by atoms with Gasteiger partial charge in [-0.05, 0) is 19.1 Å². The van der Waals surface area contributed by atoms with E-state index in [0.717, 1.165) is 5.69 Å². The Bertz CT molecular complexity index is 405. The standard InChI is InChI=1S/C11H14N2O3/c1-8-11(15,16)10(14)12(2)13(8)9-6-4-3-5-7-9/h3-8,15-16H,1-2H3. The molecule has 1 amide bonds. The lowest BCUT2D eigenvalue weighted by molar-refractivity contribution is -0.184. The molecule has 5 heteroatoms. The number of carbonyl (C=O) groups excluding carboxylic acids is 1. The number of para-hydroxylation sites is 1. The molecule has 1 heterocycles. The molecule has 1 aliphatic rings. The van der Waals surface area contributed by atoms with Gasteiger partial charge in [0.05, 0.1) is 5.69 Å². The first-order valence-corrected chi connectivity index (χ1v) is 5.03. The molecular formula is C11H14N2O3. The van der Waals surface area contributed by atoms with Crippen molar-refractivity contribution in [2.75, 3.05) is 12.1 Å². The van der Waals surface area contributed by atoms with Gasteiger partial charge in [-0.15, -0.1) is 0 Å². The van der Waals surface area contributed by atoms with Crippen molar-refractivity contribution in [1.29, 1.82) is 0 Å². The van der Waals surface area contributed by atoms with Crippen LogP contribution in [0.1, 0.15) is 6.92 Å². The van der Waals surface area contributed by atoms with Crippen molar-refractivity contribution < 1.29 is 15.0 Å². The molecule has 2 rings (SSSR count). The molecule has 1 saturated heterocycles. The number of anilines is 1. The van der Waals surface area contributed by atoms with Crippen molar-refractivity contribution in [3.63, 3.8) is 0 Å². The van der Waals surface area contributed by atoms with Gasteiger partial charge in [0.2, 0.25) is 0 Å². The number of nitrogens with zero attached hydrogens (tertiary/aromatic N) is 2. The van der Waals surface area contributed by atoms with Gasteiger partial charge < -0.3 is 10.2 Å². The lowest BCUT2D eigenvalue weighted by atomic mass is 10.1. The first-order chi connectivity index (χ1) is 7.46. The molecule has 86 valence electrons. The van der Waals surface area contributed by atoms with Gasteiger partial charge in [0.15, 0.2) is 0 Å². The van der Waals surface area contributed by atoms with Crippen LogP contribution in [0.5, 0.6) is 0 Å². The maximum atomic E-state index is 11.6. The molecular weight excluding hydrogens is 208 g/mol. The highest BCUT2D eigenvalue weighted by molar-refractivity contribution is 5.89. The fourth-order valence-corrected chi connectivity index (χ4v) is 1.92. The van der Waals surface area contributed by atoms with Crippen molar-refractivity contribution in [3.8, 4) is 0 Å². The summed E-state index contributed by atoms with van der Waals surface area (Å²) in [6.45, 7) is 1.59.